The number of aromatic nitrogens is 3. The molecule has 0 aromatic carbocycles. The molecule has 0 saturated carbocycles. The number of nitrogens with one attached hydrogen (secondary N) is 3. The summed E-state index contributed by atoms with van der Waals surface area (Å²) in [6, 6.07) is 1.60. The first kappa shape index (κ1) is 18.5. The molecule has 0 atom stereocenters. The fourth-order valence-electron chi connectivity index (χ4n) is 2.98. The van der Waals surface area contributed by atoms with Gasteiger partial charge < -0.3 is 15.6 Å². The maximum Gasteiger partial charge on any atom is 0.256 e. The van der Waals surface area contributed by atoms with E-state index in [2.05, 4.69) is 20.7 Å². The second-order valence-electron chi connectivity index (χ2n) is 6.51. The first-order valence-corrected chi connectivity index (χ1v) is 8.16. The predicted octanol–water partition coefficient (Wildman–Crippen LogP) is 1.30. The highest BCUT2D eigenvalue weighted by molar-refractivity contribution is 5.99. The Morgan fingerprint density at radius 1 is 1.42 bits per heavy atom. The molecule has 2 aromatic rings. The van der Waals surface area contributed by atoms with Crippen molar-refractivity contribution in [2.24, 2.45) is 5.92 Å². The van der Waals surface area contributed by atoms with E-state index in [0.29, 0.717) is 23.7 Å². The summed E-state index contributed by atoms with van der Waals surface area (Å²) in [4.78, 5) is 27.1. The Labute approximate surface area is 146 Å². The number of hydrogen-bond donors (Lipinski definition) is 3. The lowest BCUT2D eigenvalue weighted by Crippen LogP contribution is -2.29. The van der Waals surface area contributed by atoms with Crippen molar-refractivity contribution in [2.75, 3.05) is 19.6 Å². The van der Waals surface area contributed by atoms with Gasteiger partial charge in [0.1, 0.15) is 11.2 Å². The van der Waals surface area contributed by atoms with Crippen LogP contribution >= 0.6 is 12.4 Å². The number of hydrogen-bond acceptors (Lipinski definition) is 4. The van der Waals surface area contributed by atoms with Gasteiger partial charge in [0, 0.05) is 18.5 Å². The zero-order valence-electron chi connectivity index (χ0n) is 14.0. The molecule has 0 bridgehead atoms. The molecule has 2 aromatic heterocycles. The van der Waals surface area contributed by atoms with E-state index in [1.165, 1.54) is 6.20 Å². The van der Waals surface area contributed by atoms with Crippen molar-refractivity contribution in [1.82, 2.24) is 25.2 Å². The van der Waals surface area contributed by atoms with Gasteiger partial charge in [-0.05, 0) is 31.8 Å². The van der Waals surface area contributed by atoms with E-state index in [9.17, 15) is 9.59 Å². The van der Waals surface area contributed by atoms with Crippen molar-refractivity contribution in [3.8, 4) is 0 Å². The topological polar surface area (TPSA) is 91.3 Å². The van der Waals surface area contributed by atoms with Crippen LogP contribution in [-0.2, 0) is 0 Å². The lowest BCUT2D eigenvalue weighted by atomic mass is 9.94. The number of fused-ring (bicyclic) bond motifs is 1. The number of rotatable bonds is 4. The quantitative estimate of drug-likeness (QED) is 0.772. The lowest BCUT2D eigenvalue weighted by molar-refractivity contribution is 0.0950. The van der Waals surface area contributed by atoms with E-state index in [4.69, 9.17) is 0 Å². The van der Waals surface area contributed by atoms with Gasteiger partial charge in [-0.1, -0.05) is 13.8 Å². The van der Waals surface area contributed by atoms with Crippen LogP contribution in [0.1, 0.15) is 48.7 Å². The minimum absolute atomic E-state index is 0. The summed E-state index contributed by atoms with van der Waals surface area (Å²) in [6.45, 7) is 6.53. The fraction of sp³-hybridized carbons (Fsp3) is 0.562. The molecule has 3 N–H and O–H groups in total. The minimum Gasteiger partial charge on any atom is -0.352 e. The molecule has 8 heteroatoms. The third-order valence-corrected chi connectivity index (χ3v) is 4.21. The second kappa shape index (κ2) is 7.81. The summed E-state index contributed by atoms with van der Waals surface area (Å²) < 4.78 is 1.71. The summed E-state index contributed by atoms with van der Waals surface area (Å²) >= 11 is 0. The number of H-pyrrole nitrogens is 1. The number of nitrogens with zero attached hydrogens (tertiary/aromatic N) is 2. The van der Waals surface area contributed by atoms with E-state index in [1.54, 1.807) is 10.6 Å². The van der Waals surface area contributed by atoms with Gasteiger partial charge in [-0.25, -0.2) is 4.52 Å². The normalized spacial score (nSPS) is 15.5. The van der Waals surface area contributed by atoms with Gasteiger partial charge in [0.05, 0.1) is 11.9 Å². The molecule has 1 amide bonds. The highest BCUT2D eigenvalue weighted by Crippen LogP contribution is 2.24. The summed E-state index contributed by atoms with van der Waals surface area (Å²) in [6.07, 6.45) is 3.46. The first-order valence-electron chi connectivity index (χ1n) is 8.16. The van der Waals surface area contributed by atoms with E-state index in [-0.39, 0.29) is 29.8 Å². The first-order chi connectivity index (χ1) is 11.1. The molecule has 0 spiro atoms. The van der Waals surface area contributed by atoms with Crippen LogP contribution in [0.15, 0.2) is 17.1 Å². The van der Waals surface area contributed by atoms with Gasteiger partial charge in [-0.2, -0.15) is 5.10 Å². The van der Waals surface area contributed by atoms with Gasteiger partial charge in [0.25, 0.3) is 11.5 Å². The molecule has 24 heavy (non-hydrogen) atoms. The van der Waals surface area contributed by atoms with Crippen LogP contribution in [0.3, 0.4) is 0 Å². The molecule has 0 radical (unpaired) electrons. The number of carbonyl (C=O) groups excluding carboxylic acids is 1. The van der Waals surface area contributed by atoms with Gasteiger partial charge in [-0.15, -0.1) is 12.4 Å². The Bertz CT molecular complexity index is 761. The molecule has 1 fully saturated rings. The predicted molar refractivity (Wildman–Crippen MR) is 95.1 cm³/mol. The molecule has 1 aliphatic rings. The van der Waals surface area contributed by atoms with Crippen molar-refractivity contribution in [3.63, 3.8) is 0 Å². The largest absolute Gasteiger partial charge is 0.352 e. The van der Waals surface area contributed by atoms with Crippen LogP contribution in [0, 0.1) is 5.92 Å². The van der Waals surface area contributed by atoms with Crippen molar-refractivity contribution in [1.29, 1.82) is 0 Å². The molecule has 3 heterocycles. The molecule has 0 unspecified atom stereocenters. The molecular formula is C16H24ClN5O2. The Morgan fingerprint density at radius 3 is 2.79 bits per heavy atom. The highest BCUT2D eigenvalue weighted by atomic mass is 35.5. The Balaban J connectivity index is 0.00000208. The van der Waals surface area contributed by atoms with Gasteiger partial charge in [0.2, 0.25) is 0 Å². The zero-order chi connectivity index (χ0) is 16.4. The third kappa shape index (κ3) is 3.79. The van der Waals surface area contributed by atoms with E-state index in [1.807, 2.05) is 13.8 Å². The lowest BCUT2D eigenvalue weighted by Gasteiger charge is -2.23. The average Bonchev–Trinajstić information content (AvgIpc) is 2.96. The Morgan fingerprint density at radius 2 is 2.12 bits per heavy atom. The van der Waals surface area contributed by atoms with Crippen molar-refractivity contribution in [2.45, 2.75) is 32.6 Å². The smallest absolute Gasteiger partial charge is 0.256 e. The number of piperidine rings is 1. The molecule has 1 saturated heterocycles. The summed E-state index contributed by atoms with van der Waals surface area (Å²) in [5.74, 6) is 0.449. The SMILES string of the molecule is CC(C)CNC(=O)c1cnn2c(C3CCNCC3)cc(=O)[nH]c12.Cl. The zero-order valence-corrected chi connectivity index (χ0v) is 14.8. The fourth-order valence-corrected chi connectivity index (χ4v) is 2.98. The van der Waals surface area contributed by atoms with E-state index < -0.39 is 0 Å². The van der Waals surface area contributed by atoms with Crippen LogP contribution in [-0.4, -0.2) is 40.1 Å². The van der Waals surface area contributed by atoms with Gasteiger partial charge >= 0.3 is 0 Å². The summed E-state index contributed by atoms with van der Waals surface area (Å²) in [5, 5.41) is 10.5. The van der Waals surface area contributed by atoms with Crippen molar-refractivity contribution >= 4 is 24.0 Å². The second-order valence-corrected chi connectivity index (χ2v) is 6.51. The molecule has 3 rings (SSSR count). The monoisotopic (exact) mass is 353 g/mol. The summed E-state index contributed by atoms with van der Waals surface area (Å²) in [5.41, 5.74) is 1.59. The molecule has 1 aliphatic heterocycles. The van der Waals surface area contributed by atoms with Crippen LogP contribution in [0.2, 0.25) is 0 Å². The van der Waals surface area contributed by atoms with Crippen molar-refractivity contribution in [3.05, 3.63) is 33.9 Å². The van der Waals surface area contributed by atoms with Crippen LogP contribution in [0.5, 0.6) is 0 Å². The third-order valence-electron chi connectivity index (χ3n) is 4.21. The number of carbonyl (C=O) groups is 1. The summed E-state index contributed by atoms with van der Waals surface area (Å²) in [7, 11) is 0. The molecule has 0 aliphatic carbocycles. The van der Waals surface area contributed by atoms with Crippen molar-refractivity contribution < 1.29 is 4.79 Å². The number of aromatic amines is 1. The molecule has 7 nitrogen and oxygen atoms in total. The Hall–Kier alpha value is -1.86. The van der Waals surface area contributed by atoms with E-state index in [0.717, 1.165) is 31.6 Å². The minimum atomic E-state index is -0.202. The van der Waals surface area contributed by atoms with Crippen LogP contribution in [0.25, 0.3) is 5.65 Å². The number of halogens is 1. The van der Waals surface area contributed by atoms with Gasteiger partial charge in [-0.3, -0.25) is 9.59 Å². The van der Waals surface area contributed by atoms with E-state index >= 15 is 0 Å². The number of amides is 1. The maximum absolute atomic E-state index is 12.3. The van der Waals surface area contributed by atoms with Crippen LogP contribution < -0.4 is 16.2 Å². The van der Waals surface area contributed by atoms with Gasteiger partial charge in [0.15, 0.2) is 0 Å². The highest BCUT2D eigenvalue weighted by Gasteiger charge is 2.22. The molecular weight excluding hydrogens is 330 g/mol. The van der Waals surface area contributed by atoms with Crippen LogP contribution in [0.4, 0.5) is 0 Å². The average molecular weight is 354 g/mol. The molecule has 132 valence electrons. The maximum atomic E-state index is 12.3. The standard InChI is InChI=1S/C16H23N5O2.ClH/c1-10(2)8-18-16(23)12-9-19-21-13(7-14(22)20-15(12)21)11-3-5-17-6-4-11;/h7,9-11,17H,3-6,8H2,1-2H3,(H,18,23)(H,20,22);1H. The Kier molecular flexibility index (Phi) is 6.01.